The molecule has 0 aromatic heterocycles. The molecule has 9 nitrogen and oxygen atoms in total. The summed E-state index contributed by atoms with van der Waals surface area (Å²) in [7, 11) is 5.07. The van der Waals surface area contributed by atoms with Crippen molar-refractivity contribution in [1.29, 1.82) is 0 Å². The van der Waals surface area contributed by atoms with Gasteiger partial charge in [0.1, 0.15) is 17.5 Å². The highest BCUT2D eigenvalue weighted by Gasteiger charge is 2.56. The Morgan fingerprint density at radius 3 is 2.24 bits per heavy atom. The number of benzene rings is 1. The van der Waals surface area contributed by atoms with E-state index in [1.54, 1.807) is 28.3 Å². The number of allylic oxidation sites excluding steroid dienone is 2. The fourth-order valence-electron chi connectivity index (χ4n) is 10.1. The number of amides is 1. The van der Waals surface area contributed by atoms with Gasteiger partial charge in [0.25, 0.3) is 0 Å². The summed E-state index contributed by atoms with van der Waals surface area (Å²) in [5.41, 5.74) is 2.18. The van der Waals surface area contributed by atoms with Gasteiger partial charge in [-0.25, -0.2) is 0 Å². The minimum absolute atomic E-state index is 0.00601. The molecule has 3 heterocycles. The molecule has 1 saturated carbocycles. The first-order valence-corrected chi connectivity index (χ1v) is 18.5. The van der Waals surface area contributed by atoms with E-state index in [0.717, 1.165) is 49.2 Å². The first-order valence-electron chi connectivity index (χ1n) is 18.5. The second kappa shape index (κ2) is 14.1. The van der Waals surface area contributed by atoms with Gasteiger partial charge in [0.05, 0.1) is 38.4 Å². The average molecular weight is 680 g/mol. The van der Waals surface area contributed by atoms with Crippen LogP contribution in [0.5, 0.6) is 11.5 Å². The van der Waals surface area contributed by atoms with Crippen molar-refractivity contribution in [2.24, 2.45) is 53.3 Å². The number of hydrogen-bond donors (Lipinski definition) is 1. The highest BCUT2D eigenvalue weighted by Crippen LogP contribution is 2.54. The first kappa shape index (κ1) is 36.1. The van der Waals surface area contributed by atoms with Crippen LogP contribution in [0.25, 0.3) is 0 Å². The Labute approximate surface area is 292 Å². The minimum Gasteiger partial charge on any atom is -0.497 e. The lowest BCUT2D eigenvalue weighted by molar-refractivity contribution is -0.356. The molecule has 14 unspecified atom stereocenters. The smallest absolute Gasteiger partial charge is 0.231 e. The molecule has 0 bridgehead atoms. The number of fused-ring (bicyclic) bond motifs is 1. The zero-order chi connectivity index (χ0) is 35.4. The topological polar surface area (TPSA) is 109 Å². The van der Waals surface area contributed by atoms with Crippen LogP contribution in [-0.4, -0.2) is 62.8 Å². The predicted molar refractivity (Wildman–Crippen MR) is 185 cm³/mol. The molecule has 2 aliphatic carbocycles. The molecule has 1 N–H and O–H groups in total. The van der Waals surface area contributed by atoms with Crippen LogP contribution >= 0.6 is 0 Å². The van der Waals surface area contributed by atoms with Crippen molar-refractivity contribution in [1.82, 2.24) is 5.32 Å². The van der Waals surface area contributed by atoms with E-state index >= 15 is 0 Å². The number of nitrogens with one attached hydrogen (secondary N) is 1. The molecule has 14 atom stereocenters. The van der Waals surface area contributed by atoms with Crippen molar-refractivity contribution in [2.75, 3.05) is 21.3 Å². The van der Waals surface area contributed by atoms with Crippen molar-refractivity contribution < 1.29 is 38.1 Å². The number of rotatable bonds is 8. The third-order valence-electron chi connectivity index (χ3n) is 13.1. The molecule has 3 aliphatic heterocycles. The molecule has 3 saturated heterocycles. The average Bonchev–Trinajstić information content (AvgIpc) is 3.35. The molecule has 6 rings (SSSR count). The summed E-state index contributed by atoms with van der Waals surface area (Å²) < 4.78 is 31.5. The number of carbonyl (C=O) groups excluding carboxylic acids is 3. The van der Waals surface area contributed by atoms with Crippen LogP contribution in [0.15, 0.2) is 29.8 Å². The first-order chi connectivity index (χ1) is 23.3. The van der Waals surface area contributed by atoms with Gasteiger partial charge in [0.15, 0.2) is 17.4 Å². The number of carbonyl (C=O) groups is 3. The molecule has 0 radical (unpaired) electrons. The summed E-state index contributed by atoms with van der Waals surface area (Å²) >= 11 is 0. The van der Waals surface area contributed by atoms with Crippen LogP contribution in [0.2, 0.25) is 0 Å². The van der Waals surface area contributed by atoms with Gasteiger partial charge in [0.2, 0.25) is 5.91 Å². The molecule has 270 valence electrons. The van der Waals surface area contributed by atoms with Crippen molar-refractivity contribution in [3.63, 3.8) is 0 Å². The zero-order valence-electron chi connectivity index (χ0n) is 30.8. The normalized spacial score (nSPS) is 42.3. The molecule has 1 aromatic carbocycles. The van der Waals surface area contributed by atoms with E-state index in [1.165, 1.54) is 5.57 Å². The predicted octanol–water partition coefficient (Wildman–Crippen LogP) is 6.48. The maximum Gasteiger partial charge on any atom is 0.231 e. The van der Waals surface area contributed by atoms with Gasteiger partial charge >= 0.3 is 0 Å². The lowest BCUT2D eigenvalue weighted by Gasteiger charge is -2.54. The molecular formula is C40H57NO8. The third-order valence-corrected chi connectivity index (χ3v) is 13.1. The van der Waals surface area contributed by atoms with Gasteiger partial charge in [-0.3, -0.25) is 14.4 Å². The minimum atomic E-state index is -1.10. The van der Waals surface area contributed by atoms with Crippen molar-refractivity contribution in [3.05, 3.63) is 35.4 Å². The fraction of sp³-hybridized carbons (Fsp3) is 0.725. The molecule has 4 fully saturated rings. The summed E-state index contributed by atoms with van der Waals surface area (Å²) in [6.45, 7) is 12.6. The van der Waals surface area contributed by atoms with E-state index in [9.17, 15) is 14.4 Å². The fourth-order valence-corrected chi connectivity index (χ4v) is 10.1. The molecular weight excluding hydrogens is 622 g/mol. The van der Waals surface area contributed by atoms with E-state index in [2.05, 4.69) is 46.0 Å². The van der Waals surface area contributed by atoms with Crippen molar-refractivity contribution in [2.45, 2.75) is 110 Å². The maximum absolute atomic E-state index is 14.7. The number of ether oxygens (including phenoxy) is 5. The summed E-state index contributed by atoms with van der Waals surface area (Å²) in [6, 6.07) is 4.83. The van der Waals surface area contributed by atoms with E-state index in [4.69, 9.17) is 23.7 Å². The van der Waals surface area contributed by atoms with Crippen LogP contribution in [0, 0.1) is 53.3 Å². The summed E-state index contributed by atoms with van der Waals surface area (Å²) in [4.78, 5) is 40.6. The Hall–Kier alpha value is -2.75. The SMILES string of the molecule is COc1cc(OC)cc(C2OC3(CCC2C)OC(CC2C(C)=CC4CCC(OC)C(C)C4C2C(=O)C2NC(=O)C(C)C2=O)C(C)CC3C)c1. The summed E-state index contributed by atoms with van der Waals surface area (Å²) in [6.07, 6.45) is 7.24. The van der Waals surface area contributed by atoms with E-state index in [1.807, 2.05) is 18.2 Å². The maximum atomic E-state index is 14.7. The van der Waals surface area contributed by atoms with Crippen LogP contribution in [0.3, 0.4) is 0 Å². The van der Waals surface area contributed by atoms with Crippen molar-refractivity contribution in [3.8, 4) is 11.5 Å². The molecule has 9 heteroatoms. The van der Waals surface area contributed by atoms with Gasteiger partial charge in [-0.1, -0.05) is 39.3 Å². The highest BCUT2D eigenvalue weighted by atomic mass is 16.7. The Balaban J connectivity index is 1.32. The second-order valence-corrected chi connectivity index (χ2v) is 16.0. The van der Waals surface area contributed by atoms with E-state index in [-0.39, 0.29) is 77.2 Å². The molecule has 1 amide bonds. The van der Waals surface area contributed by atoms with Gasteiger partial charge in [0, 0.05) is 31.4 Å². The lowest BCUT2D eigenvalue weighted by Crippen LogP contribution is -2.56. The van der Waals surface area contributed by atoms with Crippen LogP contribution in [0.1, 0.15) is 91.7 Å². The Kier molecular flexibility index (Phi) is 10.4. The molecule has 1 spiro atoms. The van der Waals surface area contributed by atoms with Crippen LogP contribution in [-0.2, 0) is 28.6 Å². The Morgan fingerprint density at radius 1 is 0.939 bits per heavy atom. The Bertz CT molecular complexity index is 1440. The number of hydrogen-bond acceptors (Lipinski definition) is 8. The van der Waals surface area contributed by atoms with Gasteiger partial charge in [-0.05, 0) is 99.2 Å². The monoisotopic (exact) mass is 679 g/mol. The van der Waals surface area contributed by atoms with Crippen molar-refractivity contribution >= 4 is 17.5 Å². The lowest BCUT2D eigenvalue weighted by atomic mass is 9.55. The quantitative estimate of drug-likeness (QED) is 0.246. The number of methoxy groups -OCH3 is 3. The standard InChI is InChI=1S/C40H57NO8/c1-20-12-13-40(49-38(20)27-16-28(45-7)18-29(17-27)46-8)23(4)14-22(3)32(48-40)19-30-21(2)15-26-10-11-31(47-9)24(5)33(26)34(30)37(43)35-36(42)25(6)39(44)41-35/h15-18,20,22-26,30-35,38H,10-14,19H2,1-9H3,(H,41,44). The van der Waals surface area contributed by atoms with Crippen LogP contribution in [0.4, 0.5) is 0 Å². The van der Waals surface area contributed by atoms with Crippen LogP contribution < -0.4 is 14.8 Å². The Morgan fingerprint density at radius 2 is 1.63 bits per heavy atom. The van der Waals surface area contributed by atoms with E-state index in [0.29, 0.717) is 6.42 Å². The number of Topliss-reactive ketones (excluding diaryl/α,β-unsaturated/α-hetero) is 2. The molecule has 49 heavy (non-hydrogen) atoms. The summed E-state index contributed by atoms with van der Waals surface area (Å²) in [5, 5.41) is 2.77. The van der Waals surface area contributed by atoms with Gasteiger partial charge < -0.3 is 29.0 Å². The van der Waals surface area contributed by atoms with Gasteiger partial charge in [-0.2, -0.15) is 0 Å². The molecule has 1 aromatic rings. The molecule has 5 aliphatic rings. The second-order valence-electron chi connectivity index (χ2n) is 16.0. The third kappa shape index (κ3) is 6.48. The van der Waals surface area contributed by atoms with Gasteiger partial charge in [-0.15, -0.1) is 0 Å². The highest BCUT2D eigenvalue weighted by molar-refractivity contribution is 6.20. The van der Waals surface area contributed by atoms with E-state index < -0.39 is 23.7 Å². The summed E-state index contributed by atoms with van der Waals surface area (Å²) in [5.74, 6) is -0.524. The number of ketones is 2. The largest absolute Gasteiger partial charge is 0.497 e. The zero-order valence-corrected chi connectivity index (χ0v) is 30.8.